The first kappa shape index (κ1) is 15.0. The molecule has 0 amide bonds. The molecule has 96 valence electrons. The van der Waals surface area contributed by atoms with Gasteiger partial charge in [-0.2, -0.15) is 0 Å². The number of hydrogen-bond acceptors (Lipinski definition) is 3. The quantitative estimate of drug-likeness (QED) is 0.516. The van der Waals surface area contributed by atoms with Crippen LogP contribution >= 0.6 is 15.9 Å². The summed E-state index contributed by atoms with van der Waals surface area (Å²) in [5.74, 6) is 0. The van der Waals surface area contributed by atoms with E-state index in [1.807, 2.05) is 32.9 Å². The molecule has 0 aromatic carbocycles. The molecule has 0 spiro atoms. The summed E-state index contributed by atoms with van der Waals surface area (Å²) in [5.41, 5.74) is 1.25. The summed E-state index contributed by atoms with van der Waals surface area (Å²) >= 11 is 2.37. The summed E-state index contributed by atoms with van der Waals surface area (Å²) in [5, 5.41) is 0. The van der Waals surface area contributed by atoms with Crippen LogP contribution in [0.4, 0.5) is 0 Å². The summed E-state index contributed by atoms with van der Waals surface area (Å²) in [6.45, 7) is 6.67. The van der Waals surface area contributed by atoms with Crippen LogP contribution in [0.2, 0.25) is 0 Å². The number of pyridine rings is 1. The molecule has 0 saturated carbocycles. The molecule has 1 heterocycles. The Hall–Kier alpha value is -0.100. The van der Waals surface area contributed by atoms with E-state index in [1.165, 1.54) is 5.56 Å². The Bertz CT molecular complexity index is 355. The van der Waals surface area contributed by atoms with Crippen LogP contribution in [0, 0.1) is 0 Å². The lowest BCUT2D eigenvalue weighted by atomic mass is 10.1. The van der Waals surface area contributed by atoms with Crippen LogP contribution in [0.25, 0.3) is 0 Å². The van der Waals surface area contributed by atoms with Gasteiger partial charge in [0.15, 0.2) is 0 Å². The molecule has 3 nitrogen and oxygen atoms in total. The largest absolute Gasteiger partial charge is 0.598 e. The molecule has 5 heteroatoms. The molecular weight excluding hydrogens is 300 g/mol. The molecular formula is C12H19BrN2OS. The zero-order valence-corrected chi connectivity index (χ0v) is 12.9. The fourth-order valence-electron chi connectivity index (χ4n) is 1.27. The Morgan fingerprint density at radius 3 is 2.76 bits per heavy atom. The van der Waals surface area contributed by atoms with Gasteiger partial charge in [-0.25, -0.2) is 4.98 Å². The lowest BCUT2D eigenvalue weighted by molar-refractivity contribution is 0.542. The van der Waals surface area contributed by atoms with Crippen LogP contribution in [0.1, 0.15) is 32.8 Å². The summed E-state index contributed by atoms with van der Waals surface area (Å²) in [4.78, 5) is 4.08. The summed E-state index contributed by atoms with van der Waals surface area (Å²) in [7, 11) is 0. The van der Waals surface area contributed by atoms with Crippen molar-refractivity contribution in [2.24, 2.45) is 0 Å². The topological polar surface area (TPSA) is 48.0 Å². The van der Waals surface area contributed by atoms with Gasteiger partial charge in [0.2, 0.25) is 0 Å². The Kier molecular flexibility index (Phi) is 5.92. The fraction of sp³-hybridized carbons (Fsp3) is 0.583. The Morgan fingerprint density at radius 2 is 2.18 bits per heavy atom. The van der Waals surface area contributed by atoms with Gasteiger partial charge >= 0.3 is 0 Å². The number of hydrogen-bond donors (Lipinski definition) is 1. The maximum absolute atomic E-state index is 11.7. The van der Waals surface area contributed by atoms with Gasteiger partial charge in [0.1, 0.15) is 9.35 Å². The monoisotopic (exact) mass is 318 g/mol. The number of nitrogens with one attached hydrogen (secondary N) is 1. The van der Waals surface area contributed by atoms with Crippen molar-refractivity contribution in [3.63, 3.8) is 0 Å². The van der Waals surface area contributed by atoms with Crippen LogP contribution in [0.15, 0.2) is 22.9 Å². The van der Waals surface area contributed by atoms with Gasteiger partial charge in [0, 0.05) is 24.1 Å². The SMILES string of the molecule is CC(C)(C)[S+]([O-])NCCCc1ccnc(Br)c1. The lowest BCUT2D eigenvalue weighted by Gasteiger charge is -2.23. The average Bonchev–Trinajstić information content (AvgIpc) is 2.23. The molecule has 0 aliphatic heterocycles. The first-order chi connectivity index (χ1) is 7.89. The predicted octanol–water partition coefficient (Wildman–Crippen LogP) is 2.83. The maximum Gasteiger partial charge on any atom is 0.136 e. The molecule has 17 heavy (non-hydrogen) atoms. The molecule has 1 aromatic heterocycles. The molecule has 1 atom stereocenters. The van der Waals surface area contributed by atoms with E-state index in [0.717, 1.165) is 24.0 Å². The van der Waals surface area contributed by atoms with Crippen LogP contribution in [0.3, 0.4) is 0 Å². The average molecular weight is 319 g/mol. The van der Waals surface area contributed by atoms with Crippen molar-refractivity contribution in [1.29, 1.82) is 0 Å². The predicted molar refractivity (Wildman–Crippen MR) is 76.2 cm³/mol. The van der Waals surface area contributed by atoms with E-state index in [9.17, 15) is 4.55 Å². The van der Waals surface area contributed by atoms with Crippen molar-refractivity contribution in [3.05, 3.63) is 28.5 Å². The number of aromatic nitrogens is 1. The van der Waals surface area contributed by atoms with Crippen molar-refractivity contribution in [2.45, 2.75) is 38.4 Å². The zero-order valence-electron chi connectivity index (χ0n) is 10.5. The minimum Gasteiger partial charge on any atom is -0.598 e. The summed E-state index contributed by atoms with van der Waals surface area (Å²) in [6.07, 6.45) is 3.73. The summed E-state index contributed by atoms with van der Waals surface area (Å²) in [6, 6.07) is 4.02. The number of rotatable bonds is 5. The fourth-order valence-corrected chi connectivity index (χ4v) is 2.45. The van der Waals surface area contributed by atoms with E-state index in [1.54, 1.807) is 6.20 Å². The molecule has 0 aliphatic rings. The lowest BCUT2D eigenvalue weighted by Crippen LogP contribution is -2.39. The third kappa shape index (κ3) is 5.86. The maximum atomic E-state index is 11.7. The first-order valence-electron chi connectivity index (χ1n) is 5.65. The minimum atomic E-state index is -0.971. The van der Waals surface area contributed by atoms with E-state index in [0.29, 0.717) is 0 Å². The molecule has 1 unspecified atom stereocenters. The van der Waals surface area contributed by atoms with E-state index in [-0.39, 0.29) is 4.75 Å². The van der Waals surface area contributed by atoms with E-state index in [4.69, 9.17) is 0 Å². The number of nitrogens with zero attached hydrogens (tertiary/aromatic N) is 1. The normalized spacial score (nSPS) is 13.7. The van der Waals surface area contributed by atoms with Gasteiger partial charge in [0.05, 0.1) is 0 Å². The van der Waals surface area contributed by atoms with E-state index >= 15 is 0 Å². The molecule has 0 bridgehead atoms. The van der Waals surface area contributed by atoms with Crippen LogP contribution in [0.5, 0.6) is 0 Å². The van der Waals surface area contributed by atoms with Crippen LogP contribution in [-0.4, -0.2) is 20.8 Å². The van der Waals surface area contributed by atoms with Gasteiger partial charge in [0.25, 0.3) is 0 Å². The second-order valence-electron chi connectivity index (χ2n) is 4.87. The number of halogens is 1. The highest BCUT2D eigenvalue weighted by Gasteiger charge is 2.25. The van der Waals surface area contributed by atoms with Gasteiger partial charge in [-0.1, -0.05) is 0 Å². The molecule has 0 fully saturated rings. The molecule has 0 saturated heterocycles. The van der Waals surface area contributed by atoms with Crippen molar-refractivity contribution in [3.8, 4) is 0 Å². The highest BCUT2D eigenvalue weighted by atomic mass is 79.9. The molecule has 1 aromatic rings. The molecule has 1 rings (SSSR count). The van der Waals surface area contributed by atoms with Crippen molar-refractivity contribution in [1.82, 2.24) is 9.71 Å². The zero-order chi connectivity index (χ0) is 12.9. The van der Waals surface area contributed by atoms with Crippen LogP contribution in [-0.2, 0) is 17.8 Å². The van der Waals surface area contributed by atoms with Crippen molar-refractivity contribution >= 4 is 27.3 Å². The Balaban J connectivity index is 2.25. The molecule has 0 aliphatic carbocycles. The summed E-state index contributed by atoms with van der Waals surface area (Å²) < 4.78 is 15.4. The van der Waals surface area contributed by atoms with Crippen molar-refractivity contribution < 1.29 is 4.55 Å². The minimum absolute atomic E-state index is 0.195. The van der Waals surface area contributed by atoms with E-state index < -0.39 is 11.4 Å². The molecule has 0 radical (unpaired) electrons. The van der Waals surface area contributed by atoms with Crippen LogP contribution < -0.4 is 4.72 Å². The van der Waals surface area contributed by atoms with Gasteiger partial charge in [-0.15, -0.1) is 4.72 Å². The highest BCUT2D eigenvalue weighted by Crippen LogP contribution is 2.13. The standard InChI is InChI=1S/C12H19BrN2OS/c1-12(2,3)17(16)15-7-4-5-10-6-8-14-11(13)9-10/h6,8-9,15H,4-5,7H2,1-3H3. The number of aryl methyl sites for hydroxylation is 1. The second kappa shape index (κ2) is 6.73. The smallest absolute Gasteiger partial charge is 0.136 e. The van der Waals surface area contributed by atoms with Gasteiger partial charge < -0.3 is 4.55 Å². The van der Waals surface area contributed by atoms with Crippen molar-refractivity contribution in [2.75, 3.05) is 6.54 Å². The highest BCUT2D eigenvalue weighted by molar-refractivity contribution is 9.10. The third-order valence-electron chi connectivity index (χ3n) is 2.22. The van der Waals surface area contributed by atoms with Gasteiger partial charge in [-0.05, 0) is 67.2 Å². The van der Waals surface area contributed by atoms with Gasteiger partial charge in [-0.3, -0.25) is 0 Å². The first-order valence-corrected chi connectivity index (χ1v) is 7.59. The second-order valence-corrected chi connectivity index (χ2v) is 7.73. The Morgan fingerprint density at radius 1 is 1.47 bits per heavy atom. The van der Waals surface area contributed by atoms with E-state index in [2.05, 4.69) is 25.6 Å². The molecule has 1 N–H and O–H groups in total. The Labute approximate surface area is 115 Å². The third-order valence-corrected chi connectivity index (χ3v) is 4.23.